The Labute approximate surface area is 136 Å². The maximum absolute atomic E-state index is 3.52. The molecule has 0 amide bonds. The lowest BCUT2D eigenvalue weighted by Crippen LogP contribution is -2.07. The standard InChI is InChI=1S/C7H13N.2C6H9N/c1-4-8-6-5-7(2)3;2*1-6-2-4-7-5-3-6/h4-5,8H,1,6H2,2-3H3;2*2-4,7H,5H2,1H3. The lowest BCUT2D eigenvalue weighted by Gasteiger charge is -2.00. The Bertz CT molecular complexity index is 417. The van der Waals surface area contributed by atoms with Gasteiger partial charge in [0.1, 0.15) is 0 Å². The van der Waals surface area contributed by atoms with Gasteiger partial charge >= 0.3 is 0 Å². The van der Waals surface area contributed by atoms with E-state index in [1.54, 1.807) is 6.20 Å². The number of hydrogen-bond donors (Lipinski definition) is 3. The first-order valence-corrected chi connectivity index (χ1v) is 7.67. The van der Waals surface area contributed by atoms with Crippen molar-refractivity contribution in [3.05, 3.63) is 72.3 Å². The second kappa shape index (κ2) is 13.8. The molecule has 0 unspecified atom stereocenters. The predicted octanol–water partition coefficient (Wildman–Crippen LogP) is 3.78. The van der Waals surface area contributed by atoms with Gasteiger partial charge in [-0.25, -0.2) is 0 Å². The molecule has 3 N–H and O–H groups in total. The molecule has 0 aliphatic carbocycles. The molecule has 0 bridgehead atoms. The summed E-state index contributed by atoms with van der Waals surface area (Å²) in [7, 11) is 0. The summed E-state index contributed by atoms with van der Waals surface area (Å²) < 4.78 is 0. The van der Waals surface area contributed by atoms with Crippen LogP contribution in [0.1, 0.15) is 27.7 Å². The number of dihydropyridines is 2. The Hall–Kier alpha value is -2.16. The number of rotatable bonds is 3. The largest absolute Gasteiger partial charge is 0.388 e. The number of allylic oxidation sites excluding steroid dienone is 5. The number of hydrogen-bond acceptors (Lipinski definition) is 3. The molecule has 0 aromatic heterocycles. The van der Waals surface area contributed by atoms with E-state index in [1.165, 1.54) is 16.7 Å². The van der Waals surface area contributed by atoms with Crippen molar-refractivity contribution in [1.82, 2.24) is 16.0 Å². The van der Waals surface area contributed by atoms with Crippen molar-refractivity contribution in [2.24, 2.45) is 0 Å². The van der Waals surface area contributed by atoms with Gasteiger partial charge in [-0.15, -0.1) is 0 Å². The Kier molecular flexibility index (Phi) is 12.5. The summed E-state index contributed by atoms with van der Waals surface area (Å²) in [4.78, 5) is 0. The summed E-state index contributed by atoms with van der Waals surface area (Å²) >= 11 is 0. The molecule has 0 saturated heterocycles. The zero-order valence-corrected chi connectivity index (χ0v) is 14.4. The maximum Gasteiger partial charge on any atom is 0.0330 e. The normalized spacial score (nSPS) is 14.4. The first-order valence-electron chi connectivity index (χ1n) is 7.67. The van der Waals surface area contributed by atoms with Crippen molar-refractivity contribution in [2.45, 2.75) is 27.7 Å². The molecule has 2 rings (SSSR count). The summed E-state index contributed by atoms with van der Waals surface area (Å²) in [5.41, 5.74) is 4.02. The topological polar surface area (TPSA) is 36.1 Å². The second-order valence-corrected chi connectivity index (χ2v) is 5.27. The third kappa shape index (κ3) is 14.3. The van der Waals surface area contributed by atoms with Crippen LogP contribution in [0.2, 0.25) is 0 Å². The molecular formula is C19H31N3. The molecule has 0 radical (unpaired) electrons. The molecule has 0 spiro atoms. The van der Waals surface area contributed by atoms with E-state index in [-0.39, 0.29) is 0 Å². The van der Waals surface area contributed by atoms with E-state index in [0.29, 0.717) is 0 Å². The van der Waals surface area contributed by atoms with E-state index in [9.17, 15) is 0 Å². The van der Waals surface area contributed by atoms with Crippen LogP contribution in [0.3, 0.4) is 0 Å². The van der Waals surface area contributed by atoms with Crippen molar-refractivity contribution in [3.63, 3.8) is 0 Å². The third-order valence-corrected chi connectivity index (χ3v) is 2.78. The van der Waals surface area contributed by atoms with Gasteiger partial charge in [0.25, 0.3) is 0 Å². The first-order chi connectivity index (χ1) is 10.6. The third-order valence-electron chi connectivity index (χ3n) is 2.78. The van der Waals surface area contributed by atoms with Crippen molar-refractivity contribution in [2.75, 3.05) is 19.6 Å². The quantitative estimate of drug-likeness (QED) is 0.548. The smallest absolute Gasteiger partial charge is 0.0330 e. The van der Waals surface area contributed by atoms with Gasteiger partial charge in [-0.05, 0) is 58.4 Å². The highest BCUT2D eigenvalue weighted by Gasteiger charge is 1.84. The van der Waals surface area contributed by atoms with Gasteiger partial charge in [0.2, 0.25) is 0 Å². The van der Waals surface area contributed by atoms with Crippen LogP contribution in [-0.4, -0.2) is 19.6 Å². The molecular weight excluding hydrogens is 270 g/mol. The molecule has 3 heteroatoms. The lowest BCUT2D eigenvalue weighted by molar-refractivity contribution is 0.958. The summed E-state index contributed by atoms with van der Waals surface area (Å²) in [6.07, 6.45) is 16.2. The molecule has 2 aliphatic heterocycles. The van der Waals surface area contributed by atoms with Crippen LogP contribution in [0.4, 0.5) is 0 Å². The average molecular weight is 301 g/mol. The molecule has 0 aromatic carbocycles. The van der Waals surface area contributed by atoms with Crippen LogP contribution < -0.4 is 16.0 Å². The minimum absolute atomic E-state index is 0.895. The van der Waals surface area contributed by atoms with Gasteiger partial charge < -0.3 is 16.0 Å². The first kappa shape index (κ1) is 19.8. The SMILES string of the molecule is C=CNCC=C(C)C.CC1=CCNC=C1.CC1=CCNC=C1. The number of nitrogens with one attached hydrogen (secondary N) is 3. The van der Waals surface area contributed by atoms with Gasteiger partial charge in [-0.1, -0.05) is 41.5 Å². The van der Waals surface area contributed by atoms with E-state index in [0.717, 1.165) is 19.6 Å². The van der Waals surface area contributed by atoms with Gasteiger partial charge in [-0.2, -0.15) is 0 Å². The van der Waals surface area contributed by atoms with Crippen molar-refractivity contribution in [3.8, 4) is 0 Å². The van der Waals surface area contributed by atoms with Crippen LogP contribution in [0.25, 0.3) is 0 Å². The van der Waals surface area contributed by atoms with Gasteiger partial charge in [-0.3, -0.25) is 0 Å². The highest BCUT2D eigenvalue weighted by molar-refractivity contribution is 5.19. The van der Waals surface area contributed by atoms with Crippen molar-refractivity contribution in [1.29, 1.82) is 0 Å². The van der Waals surface area contributed by atoms with E-state index in [4.69, 9.17) is 0 Å². The van der Waals surface area contributed by atoms with Crippen LogP contribution in [0, 0.1) is 0 Å². The fraction of sp³-hybridized carbons (Fsp3) is 0.368. The minimum Gasteiger partial charge on any atom is -0.388 e. The summed E-state index contributed by atoms with van der Waals surface area (Å²) in [6, 6.07) is 0. The zero-order valence-electron chi connectivity index (χ0n) is 14.4. The van der Waals surface area contributed by atoms with Crippen molar-refractivity contribution < 1.29 is 0 Å². The van der Waals surface area contributed by atoms with E-state index in [2.05, 4.69) is 80.6 Å². The zero-order chi connectivity index (χ0) is 16.6. The molecule has 22 heavy (non-hydrogen) atoms. The lowest BCUT2D eigenvalue weighted by atomic mass is 10.2. The van der Waals surface area contributed by atoms with Gasteiger partial charge in [0.15, 0.2) is 0 Å². The minimum atomic E-state index is 0.895. The van der Waals surface area contributed by atoms with E-state index in [1.807, 2.05) is 12.4 Å². The fourth-order valence-corrected chi connectivity index (χ4v) is 1.44. The Balaban J connectivity index is 0.000000301. The van der Waals surface area contributed by atoms with Gasteiger partial charge in [0, 0.05) is 19.6 Å². The molecule has 0 fully saturated rings. The highest BCUT2D eigenvalue weighted by Crippen LogP contribution is 1.95. The second-order valence-electron chi connectivity index (χ2n) is 5.27. The van der Waals surface area contributed by atoms with Crippen LogP contribution >= 0.6 is 0 Å². The average Bonchev–Trinajstić information content (AvgIpc) is 2.50. The summed E-state index contributed by atoms with van der Waals surface area (Å²) in [5, 5.41) is 9.08. The maximum atomic E-state index is 3.52. The molecule has 122 valence electrons. The molecule has 3 nitrogen and oxygen atoms in total. The van der Waals surface area contributed by atoms with E-state index < -0.39 is 0 Å². The van der Waals surface area contributed by atoms with Crippen LogP contribution in [-0.2, 0) is 0 Å². The highest BCUT2D eigenvalue weighted by atomic mass is 14.8. The molecule has 2 heterocycles. The summed E-state index contributed by atoms with van der Waals surface area (Å²) in [6.45, 7) is 14.7. The molecule has 2 aliphatic rings. The van der Waals surface area contributed by atoms with Crippen molar-refractivity contribution >= 4 is 0 Å². The Morgan fingerprint density at radius 2 is 1.59 bits per heavy atom. The molecule has 0 atom stereocenters. The van der Waals surface area contributed by atoms with Gasteiger partial charge in [0.05, 0.1) is 0 Å². The Morgan fingerprint density at radius 1 is 1.09 bits per heavy atom. The van der Waals surface area contributed by atoms with E-state index >= 15 is 0 Å². The molecule has 0 saturated carbocycles. The fourth-order valence-electron chi connectivity index (χ4n) is 1.44. The van der Waals surface area contributed by atoms with Crippen LogP contribution in [0.15, 0.2) is 72.3 Å². The molecule has 0 aromatic rings. The Morgan fingerprint density at radius 3 is 1.82 bits per heavy atom. The van der Waals surface area contributed by atoms with Crippen LogP contribution in [0.5, 0.6) is 0 Å². The summed E-state index contributed by atoms with van der Waals surface area (Å²) in [5.74, 6) is 0. The predicted molar refractivity (Wildman–Crippen MR) is 99.4 cm³/mol. The monoisotopic (exact) mass is 301 g/mol.